The van der Waals surface area contributed by atoms with Crippen molar-refractivity contribution >= 4 is 5.91 Å². The Hall–Kier alpha value is -2.17. The summed E-state index contributed by atoms with van der Waals surface area (Å²) in [5.41, 5.74) is 3.22. The second kappa shape index (κ2) is 5.43. The molecule has 1 saturated heterocycles. The molecule has 126 valence electrons. The lowest BCUT2D eigenvalue weighted by molar-refractivity contribution is 0.0498. The molecule has 1 aromatic carbocycles. The normalized spacial score (nSPS) is 18.5. The Morgan fingerprint density at radius 1 is 1.12 bits per heavy atom. The zero-order valence-corrected chi connectivity index (χ0v) is 14.6. The Morgan fingerprint density at radius 3 is 2.38 bits per heavy atom. The lowest BCUT2D eigenvalue weighted by Crippen LogP contribution is -2.50. The third kappa shape index (κ3) is 2.83. The predicted octanol–water partition coefficient (Wildman–Crippen LogP) is 3.15. The number of carbonyl (C=O) groups is 1. The molecule has 1 aromatic heterocycles. The number of hydrogen-bond donors (Lipinski definition) is 0. The van der Waals surface area contributed by atoms with Crippen molar-refractivity contribution in [2.75, 3.05) is 13.1 Å². The van der Waals surface area contributed by atoms with Crippen molar-refractivity contribution in [3.63, 3.8) is 0 Å². The number of amides is 1. The molecule has 5 nitrogen and oxygen atoms in total. The third-order valence-corrected chi connectivity index (χ3v) is 5.05. The van der Waals surface area contributed by atoms with Crippen molar-refractivity contribution in [1.82, 2.24) is 19.9 Å². The number of nitrogens with zero attached hydrogens (tertiary/aromatic N) is 4. The smallest absolute Gasteiger partial charge is 0.253 e. The fourth-order valence-electron chi connectivity index (χ4n) is 3.12. The summed E-state index contributed by atoms with van der Waals surface area (Å²) < 4.78 is 1.93. The van der Waals surface area contributed by atoms with Gasteiger partial charge in [-0.25, -0.2) is 4.68 Å². The van der Waals surface area contributed by atoms with E-state index in [9.17, 15) is 4.79 Å². The van der Waals surface area contributed by atoms with Gasteiger partial charge in [-0.05, 0) is 36.0 Å². The van der Waals surface area contributed by atoms with E-state index in [1.54, 1.807) is 0 Å². The molecule has 2 aromatic rings. The van der Waals surface area contributed by atoms with E-state index in [0.29, 0.717) is 19.0 Å². The summed E-state index contributed by atoms with van der Waals surface area (Å²) in [6.07, 6.45) is 4.53. The minimum Gasteiger partial charge on any atom is -0.334 e. The summed E-state index contributed by atoms with van der Waals surface area (Å²) >= 11 is 0. The van der Waals surface area contributed by atoms with Gasteiger partial charge < -0.3 is 4.90 Å². The Morgan fingerprint density at radius 2 is 1.79 bits per heavy atom. The van der Waals surface area contributed by atoms with Crippen molar-refractivity contribution < 1.29 is 4.79 Å². The van der Waals surface area contributed by atoms with Crippen LogP contribution in [-0.4, -0.2) is 38.9 Å². The van der Waals surface area contributed by atoms with Crippen LogP contribution in [0.15, 0.2) is 30.5 Å². The van der Waals surface area contributed by atoms with E-state index in [1.807, 2.05) is 21.7 Å². The lowest BCUT2D eigenvalue weighted by Gasteiger charge is -2.39. The maximum absolute atomic E-state index is 12.6. The molecule has 4 rings (SSSR count). The van der Waals surface area contributed by atoms with Gasteiger partial charge in [0, 0.05) is 30.8 Å². The van der Waals surface area contributed by atoms with Crippen LogP contribution in [0.25, 0.3) is 0 Å². The standard InChI is InChI=1S/C19H24N4O/c1-19(2,3)15-8-6-14(7-9-15)18(24)22-10-16(11-22)23-12-17(20-21-23)13-4-5-13/h6-9,12-13,16H,4-5,10-11H2,1-3H3. The highest BCUT2D eigenvalue weighted by Gasteiger charge is 2.34. The zero-order chi connectivity index (χ0) is 16.9. The molecule has 24 heavy (non-hydrogen) atoms. The molecule has 1 amide bonds. The second-order valence-corrected chi connectivity index (χ2v) is 8.09. The number of aromatic nitrogens is 3. The quantitative estimate of drug-likeness (QED) is 0.871. The van der Waals surface area contributed by atoms with E-state index >= 15 is 0 Å². The molecule has 1 aliphatic carbocycles. The molecular formula is C19H24N4O. The summed E-state index contributed by atoms with van der Waals surface area (Å²) in [6, 6.07) is 8.27. The summed E-state index contributed by atoms with van der Waals surface area (Å²) in [4.78, 5) is 14.5. The van der Waals surface area contributed by atoms with E-state index < -0.39 is 0 Å². The Bertz CT molecular complexity index is 746. The van der Waals surface area contributed by atoms with E-state index in [4.69, 9.17) is 0 Å². The van der Waals surface area contributed by atoms with Crippen LogP contribution in [0.3, 0.4) is 0 Å². The molecule has 5 heteroatoms. The summed E-state index contributed by atoms with van der Waals surface area (Å²) in [6.45, 7) is 7.97. The SMILES string of the molecule is CC(C)(C)c1ccc(C(=O)N2CC(n3cc(C4CC4)nn3)C2)cc1. The summed E-state index contributed by atoms with van der Waals surface area (Å²) in [5.74, 6) is 0.729. The molecule has 1 aliphatic heterocycles. The third-order valence-electron chi connectivity index (χ3n) is 5.05. The lowest BCUT2D eigenvalue weighted by atomic mass is 9.86. The molecular weight excluding hydrogens is 300 g/mol. The predicted molar refractivity (Wildman–Crippen MR) is 92.1 cm³/mol. The number of carbonyl (C=O) groups excluding carboxylic acids is 1. The van der Waals surface area contributed by atoms with Crippen LogP contribution < -0.4 is 0 Å². The highest BCUT2D eigenvalue weighted by Crippen LogP contribution is 2.39. The first-order chi connectivity index (χ1) is 11.4. The van der Waals surface area contributed by atoms with E-state index in [0.717, 1.165) is 11.3 Å². The highest BCUT2D eigenvalue weighted by atomic mass is 16.2. The van der Waals surface area contributed by atoms with Crippen LogP contribution in [0.1, 0.15) is 67.2 Å². The number of benzene rings is 1. The van der Waals surface area contributed by atoms with Crippen LogP contribution >= 0.6 is 0 Å². The minimum absolute atomic E-state index is 0.106. The van der Waals surface area contributed by atoms with Gasteiger partial charge in [-0.2, -0.15) is 0 Å². The van der Waals surface area contributed by atoms with Crippen molar-refractivity contribution in [2.24, 2.45) is 0 Å². The molecule has 0 bridgehead atoms. The van der Waals surface area contributed by atoms with Gasteiger partial charge in [0.15, 0.2) is 0 Å². The maximum atomic E-state index is 12.6. The molecule has 0 unspecified atom stereocenters. The van der Waals surface area contributed by atoms with Gasteiger partial charge in [-0.1, -0.05) is 38.1 Å². The minimum atomic E-state index is 0.106. The first-order valence-electron chi connectivity index (χ1n) is 8.73. The monoisotopic (exact) mass is 324 g/mol. The average Bonchev–Trinajstić information content (AvgIpc) is 3.24. The number of rotatable bonds is 3. The van der Waals surface area contributed by atoms with Crippen LogP contribution in [0, 0.1) is 0 Å². The van der Waals surface area contributed by atoms with Crippen molar-refractivity contribution in [3.8, 4) is 0 Å². The van der Waals surface area contributed by atoms with E-state index in [-0.39, 0.29) is 17.4 Å². The number of hydrogen-bond acceptors (Lipinski definition) is 3. The first kappa shape index (κ1) is 15.4. The van der Waals surface area contributed by atoms with Gasteiger partial charge in [0.2, 0.25) is 0 Å². The van der Waals surface area contributed by atoms with Crippen molar-refractivity contribution in [2.45, 2.75) is 51.0 Å². The van der Waals surface area contributed by atoms with Crippen LogP contribution in [0.2, 0.25) is 0 Å². The topological polar surface area (TPSA) is 51.0 Å². The average molecular weight is 324 g/mol. The van der Waals surface area contributed by atoms with Gasteiger partial charge in [-0.15, -0.1) is 5.10 Å². The Balaban J connectivity index is 1.38. The van der Waals surface area contributed by atoms with Crippen molar-refractivity contribution in [1.29, 1.82) is 0 Å². The van der Waals surface area contributed by atoms with E-state index in [2.05, 4.69) is 49.4 Å². The first-order valence-corrected chi connectivity index (χ1v) is 8.73. The second-order valence-electron chi connectivity index (χ2n) is 8.09. The fourth-order valence-corrected chi connectivity index (χ4v) is 3.12. The Labute approximate surface area is 142 Å². The molecule has 1 saturated carbocycles. The molecule has 2 aliphatic rings. The molecule has 0 atom stereocenters. The molecule has 2 fully saturated rings. The van der Waals surface area contributed by atoms with Gasteiger partial charge in [-0.3, -0.25) is 4.79 Å². The molecule has 2 heterocycles. The Kier molecular flexibility index (Phi) is 3.48. The van der Waals surface area contributed by atoms with E-state index in [1.165, 1.54) is 18.4 Å². The largest absolute Gasteiger partial charge is 0.334 e. The van der Waals surface area contributed by atoms with Gasteiger partial charge >= 0.3 is 0 Å². The van der Waals surface area contributed by atoms with Crippen LogP contribution in [0.4, 0.5) is 0 Å². The highest BCUT2D eigenvalue weighted by molar-refractivity contribution is 5.94. The van der Waals surface area contributed by atoms with Gasteiger partial charge in [0.25, 0.3) is 5.91 Å². The summed E-state index contributed by atoms with van der Waals surface area (Å²) in [5, 5.41) is 8.48. The molecule has 0 N–H and O–H groups in total. The molecule has 0 spiro atoms. The molecule has 0 radical (unpaired) electrons. The fraction of sp³-hybridized carbons (Fsp3) is 0.526. The summed E-state index contributed by atoms with van der Waals surface area (Å²) in [7, 11) is 0. The number of likely N-dealkylation sites (tertiary alicyclic amines) is 1. The van der Waals surface area contributed by atoms with Gasteiger partial charge in [0.05, 0.1) is 11.7 Å². The van der Waals surface area contributed by atoms with Crippen LogP contribution in [0.5, 0.6) is 0 Å². The maximum Gasteiger partial charge on any atom is 0.253 e. The van der Waals surface area contributed by atoms with Crippen molar-refractivity contribution in [3.05, 3.63) is 47.3 Å². The van der Waals surface area contributed by atoms with Gasteiger partial charge in [0.1, 0.15) is 0 Å². The zero-order valence-electron chi connectivity index (χ0n) is 14.6. The van der Waals surface area contributed by atoms with Crippen LogP contribution in [-0.2, 0) is 5.41 Å².